The lowest BCUT2D eigenvalue weighted by Gasteiger charge is -2.14. The smallest absolute Gasteiger partial charge is 0.123 e. The molecule has 3 N–H and O–H groups in total. The van der Waals surface area contributed by atoms with Crippen molar-refractivity contribution in [2.75, 3.05) is 11.1 Å². The normalized spacial score (nSPS) is 10.2. The van der Waals surface area contributed by atoms with Gasteiger partial charge in [-0.2, -0.15) is 5.26 Å². The minimum Gasteiger partial charge on any atom is -0.491 e. The fraction of sp³-hybridized carbons (Fsp3) is 0.188. The Labute approximate surface area is 132 Å². The summed E-state index contributed by atoms with van der Waals surface area (Å²) in [6.07, 6.45) is 0.0713. The molecule has 0 aromatic heterocycles. The predicted octanol–water partition coefficient (Wildman–Crippen LogP) is 4.43. The molecule has 5 heteroatoms. The quantitative estimate of drug-likeness (QED) is 0.803. The second-order valence-corrected chi connectivity index (χ2v) is 5.80. The second kappa shape index (κ2) is 6.51. The highest BCUT2D eigenvalue weighted by Crippen LogP contribution is 2.28. The van der Waals surface area contributed by atoms with Crippen molar-refractivity contribution in [2.45, 2.75) is 20.0 Å². The lowest BCUT2D eigenvalue weighted by Crippen LogP contribution is -2.06. The van der Waals surface area contributed by atoms with E-state index < -0.39 is 0 Å². The van der Waals surface area contributed by atoms with Crippen LogP contribution in [-0.4, -0.2) is 6.10 Å². The molecule has 0 unspecified atom stereocenters. The van der Waals surface area contributed by atoms with Crippen LogP contribution in [0, 0.1) is 11.3 Å². The lowest BCUT2D eigenvalue weighted by atomic mass is 10.2. The van der Waals surface area contributed by atoms with Gasteiger partial charge in [0.15, 0.2) is 0 Å². The number of hydrogen-bond donors (Lipinski definition) is 2. The van der Waals surface area contributed by atoms with Crippen LogP contribution in [0.1, 0.15) is 19.4 Å². The summed E-state index contributed by atoms with van der Waals surface area (Å²) in [6, 6.07) is 13.1. The SMILES string of the molecule is CC(C)Oc1cc(N)cc(Nc2ccc(Br)cc2C#N)c1. The van der Waals surface area contributed by atoms with Gasteiger partial charge in [0.2, 0.25) is 0 Å². The van der Waals surface area contributed by atoms with Crippen molar-refractivity contribution in [2.24, 2.45) is 0 Å². The molecular weight excluding hydrogens is 330 g/mol. The van der Waals surface area contributed by atoms with E-state index in [-0.39, 0.29) is 6.10 Å². The number of nitrogen functional groups attached to an aromatic ring is 1. The van der Waals surface area contributed by atoms with Gasteiger partial charge in [0.1, 0.15) is 11.8 Å². The summed E-state index contributed by atoms with van der Waals surface area (Å²) in [5.74, 6) is 0.697. The number of rotatable bonds is 4. The predicted molar refractivity (Wildman–Crippen MR) is 88.8 cm³/mol. The molecule has 0 aliphatic heterocycles. The molecule has 2 rings (SSSR count). The second-order valence-electron chi connectivity index (χ2n) is 4.88. The van der Waals surface area contributed by atoms with E-state index in [1.54, 1.807) is 18.2 Å². The van der Waals surface area contributed by atoms with Gasteiger partial charge in [-0.3, -0.25) is 0 Å². The van der Waals surface area contributed by atoms with Gasteiger partial charge in [-0.05, 0) is 38.1 Å². The van der Waals surface area contributed by atoms with Gasteiger partial charge in [-0.1, -0.05) is 15.9 Å². The molecule has 0 fully saturated rings. The van der Waals surface area contributed by atoms with Crippen molar-refractivity contribution in [3.05, 3.63) is 46.4 Å². The summed E-state index contributed by atoms with van der Waals surface area (Å²) in [5.41, 5.74) is 8.55. The third kappa shape index (κ3) is 4.14. The molecule has 0 heterocycles. The van der Waals surface area contributed by atoms with E-state index in [0.29, 0.717) is 17.0 Å². The Kier molecular flexibility index (Phi) is 4.71. The number of halogens is 1. The van der Waals surface area contributed by atoms with Gasteiger partial charge in [-0.15, -0.1) is 0 Å². The Balaban J connectivity index is 2.31. The van der Waals surface area contributed by atoms with Crippen molar-refractivity contribution in [1.29, 1.82) is 5.26 Å². The first-order chi connectivity index (χ1) is 9.97. The zero-order valence-corrected chi connectivity index (χ0v) is 13.4. The molecule has 0 atom stereocenters. The third-order valence-corrected chi connectivity index (χ3v) is 3.17. The molecular formula is C16H16BrN3O. The number of benzene rings is 2. The first-order valence-corrected chi connectivity index (χ1v) is 7.31. The average molecular weight is 346 g/mol. The molecule has 4 nitrogen and oxygen atoms in total. The first kappa shape index (κ1) is 15.2. The molecule has 108 valence electrons. The standard InChI is InChI=1S/C16H16BrN3O/c1-10(2)21-15-7-13(19)6-14(8-15)20-16-4-3-12(17)5-11(16)9-18/h3-8,10,20H,19H2,1-2H3. The van der Waals surface area contributed by atoms with Crippen LogP contribution >= 0.6 is 15.9 Å². The molecule has 0 saturated heterocycles. The molecule has 2 aromatic carbocycles. The molecule has 0 bridgehead atoms. The van der Waals surface area contributed by atoms with Crippen molar-refractivity contribution >= 4 is 33.0 Å². The van der Waals surface area contributed by atoms with Gasteiger partial charge < -0.3 is 15.8 Å². The minimum absolute atomic E-state index is 0.0713. The highest BCUT2D eigenvalue weighted by molar-refractivity contribution is 9.10. The van der Waals surface area contributed by atoms with Crippen LogP contribution in [0.2, 0.25) is 0 Å². The molecule has 0 aliphatic rings. The molecule has 0 aliphatic carbocycles. The molecule has 0 amide bonds. The van der Waals surface area contributed by atoms with Crippen molar-refractivity contribution < 1.29 is 4.74 Å². The number of nitrogens with two attached hydrogens (primary N) is 1. The van der Waals surface area contributed by atoms with E-state index in [1.807, 2.05) is 32.0 Å². The van der Waals surface area contributed by atoms with Crippen LogP contribution < -0.4 is 15.8 Å². The van der Waals surface area contributed by atoms with E-state index in [2.05, 4.69) is 27.3 Å². The van der Waals surface area contributed by atoms with Gasteiger partial charge in [-0.25, -0.2) is 0 Å². The van der Waals surface area contributed by atoms with Crippen molar-refractivity contribution in [1.82, 2.24) is 0 Å². The maximum absolute atomic E-state index is 9.19. The topological polar surface area (TPSA) is 71.1 Å². The maximum Gasteiger partial charge on any atom is 0.123 e. The number of nitriles is 1. The summed E-state index contributed by atoms with van der Waals surface area (Å²) in [5, 5.41) is 12.4. The van der Waals surface area contributed by atoms with E-state index in [0.717, 1.165) is 15.8 Å². The fourth-order valence-electron chi connectivity index (χ4n) is 1.91. The average Bonchev–Trinajstić information content (AvgIpc) is 2.39. The summed E-state index contributed by atoms with van der Waals surface area (Å²) in [7, 11) is 0. The van der Waals surface area contributed by atoms with Crippen molar-refractivity contribution in [3.8, 4) is 11.8 Å². The number of nitrogens with one attached hydrogen (secondary N) is 1. The Morgan fingerprint density at radius 1 is 1.24 bits per heavy atom. The zero-order valence-electron chi connectivity index (χ0n) is 11.9. The molecule has 0 radical (unpaired) electrons. The number of anilines is 3. The Morgan fingerprint density at radius 3 is 2.67 bits per heavy atom. The minimum atomic E-state index is 0.0713. The van der Waals surface area contributed by atoms with Crippen molar-refractivity contribution in [3.63, 3.8) is 0 Å². The lowest BCUT2D eigenvalue weighted by molar-refractivity contribution is 0.242. The van der Waals surface area contributed by atoms with Crippen LogP contribution in [0.3, 0.4) is 0 Å². The van der Waals surface area contributed by atoms with E-state index in [1.165, 1.54) is 0 Å². The molecule has 0 spiro atoms. The van der Waals surface area contributed by atoms with Gasteiger partial charge >= 0.3 is 0 Å². The summed E-state index contributed by atoms with van der Waals surface area (Å²) in [6.45, 7) is 3.91. The Bertz CT molecular complexity index is 692. The monoisotopic (exact) mass is 345 g/mol. The van der Waals surface area contributed by atoms with Crippen LogP contribution in [-0.2, 0) is 0 Å². The van der Waals surface area contributed by atoms with Gasteiger partial charge in [0, 0.05) is 28.0 Å². The summed E-state index contributed by atoms with van der Waals surface area (Å²) >= 11 is 3.35. The number of nitrogens with zero attached hydrogens (tertiary/aromatic N) is 1. The molecule has 2 aromatic rings. The Hall–Kier alpha value is -2.19. The molecule has 0 saturated carbocycles. The maximum atomic E-state index is 9.19. The Morgan fingerprint density at radius 2 is 2.00 bits per heavy atom. The van der Waals surface area contributed by atoms with Gasteiger partial charge in [0.05, 0.1) is 17.4 Å². The summed E-state index contributed by atoms with van der Waals surface area (Å²) < 4.78 is 6.52. The fourth-order valence-corrected chi connectivity index (χ4v) is 2.27. The zero-order chi connectivity index (χ0) is 15.4. The largest absolute Gasteiger partial charge is 0.491 e. The highest BCUT2D eigenvalue weighted by atomic mass is 79.9. The van der Waals surface area contributed by atoms with Crippen LogP contribution in [0.4, 0.5) is 17.1 Å². The number of ether oxygens (including phenoxy) is 1. The van der Waals surface area contributed by atoms with Crippen LogP contribution in [0.5, 0.6) is 5.75 Å². The highest BCUT2D eigenvalue weighted by Gasteiger charge is 2.06. The molecule has 21 heavy (non-hydrogen) atoms. The van der Waals surface area contributed by atoms with E-state index in [9.17, 15) is 5.26 Å². The van der Waals surface area contributed by atoms with Gasteiger partial charge in [0.25, 0.3) is 0 Å². The van der Waals surface area contributed by atoms with Crippen LogP contribution in [0.25, 0.3) is 0 Å². The third-order valence-electron chi connectivity index (χ3n) is 2.68. The number of hydrogen-bond acceptors (Lipinski definition) is 4. The van der Waals surface area contributed by atoms with Crippen LogP contribution in [0.15, 0.2) is 40.9 Å². The van der Waals surface area contributed by atoms with E-state index >= 15 is 0 Å². The summed E-state index contributed by atoms with van der Waals surface area (Å²) in [4.78, 5) is 0. The van der Waals surface area contributed by atoms with E-state index in [4.69, 9.17) is 10.5 Å². The first-order valence-electron chi connectivity index (χ1n) is 6.52.